The summed E-state index contributed by atoms with van der Waals surface area (Å²) in [4.78, 5) is 0.276. The van der Waals surface area contributed by atoms with Crippen LogP contribution in [0.25, 0.3) is 0 Å². The zero-order chi connectivity index (χ0) is 14.0. The summed E-state index contributed by atoms with van der Waals surface area (Å²) in [5.74, 6) is 0. The van der Waals surface area contributed by atoms with Gasteiger partial charge in [0.1, 0.15) is 0 Å². The number of hydrogen-bond acceptors (Lipinski definition) is 2. The van der Waals surface area contributed by atoms with Gasteiger partial charge in [0, 0.05) is 0 Å². The van der Waals surface area contributed by atoms with Crippen molar-refractivity contribution in [2.45, 2.75) is 25.7 Å². The van der Waals surface area contributed by atoms with Crippen LogP contribution in [-0.4, -0.2) is 8.42 Å². The topological polar surface area (TPSA) is 46.2 Å². The quantitative estimate of drug-likeness (QED) is 0.891. The second kappa shape index (κ2) is 6.05. The maximum Gasteiger partial charge on any atom is 0.261 e. The second-order valence-electron chi connectivity index (χ2n) is 4.74. The van der Waals surface area contributed by atoms with Crippen molar-refractivity contribution in [3.8, 4) is 0 Å². The van der Waals surface area contributed by atoms with Crippen molar-refractivity contribution < 1.29 is 13.1 Å². The largest absolute Gasteiger partial charge is 1.00 e. The maximum absolute atomic E-state index is 12.2. The molecule has 0 aliphatic heterocycles. The zero-order valence-electron chi connectivity index (χ0n) is 11.6. The molecule has 0 heterocycles. The van der Waals surface area contributed by atoms with Gasteiger partial charge in [-0.3, -0.25) is 4.72 Å². The molecule has 2 rings (SSSR count). The van der Waals surface area contributed by atoms with Crippen LogP contribution in [0.2, 0.25) is 0 Å². The van der Waals surface area contributed by atoms with E-state index in [1.54, 1.807) is 30.3 Å². The smallest absolute Gasteiger partial charge is 0.261 e. The predicted molar refractivity (Wildman–Crippen MR) is 77.9 cm³/mol. The summed E-state index contributed by atoms with van der Waals surface area (Å²) in [6, 6.07) is 12.4. The van der Waals surface area contributed by atoms with E-state index in [0.29, 0.717) is 5.69 Å². The van der Waals surface area contributed by atoms with Crippen LogP contribution in [0.1, 0.15) is 16.7 Å². The summed E-state index contributed by atoms with van der Waals surface area (Å²) in [5, 5.41) is 0. The molecule has 0 aromatic heterocycles. The molecule has 0 aliphatic carbocycles. The lowest BCUT2D eigenvalue weighted by molar-refractivity contribution is -0.00000646. The van der Waals surface area contributed by atoms with Gasteiger partial charge in [0.05, 0.1) is 10.6 Å². The van der Waals surface area contributed by atoms with Gasteiger partial charge in [-0.05, 0) is 44.5 Å². The van der Waals surface area contributed by atoms with Crippen LogP contribution in [-0.2, 0) is 10.0 Å². The number of rotatable bonds is 3. The number of sulfonamides is 1. The van der Waals surface area contributed by atoms with Gasteiger partial charge in [-0.1, -0.05) is 35.4 Å². The third-order valence-corrected chi connectivity index (χ3v) is 4.34. The van der Waals surface area contributed by atoms with Crippen LogP contribution in [0, 0.1) is 20.8 Å². The molecule has 0 saturated heterocycles. The van der Waals surface area contributed by atoms with Crippen molar-refractivity contribution in [1.29, 1.82) is 0 Å². The van der Waals surface area contributed by atoms with Crippen molar-refractivity contribution in [3.05, 3.63) is 59.2 Å². The van der Waals surface area contributed by atoms with E-state index in [9.17, 15) is 8.42 Å². The monoisotopic (exact) mass is 294 g/mol. The van der Waals surface area contributed by atoms with E-state index in [4.69, 9.17) is 0 Å². The lowest BCUT2D eigenvalue weighted by Crippen LogP contribution is -3.00. The number of aryl methyl sites for hydroxylation is 3. The zero-order valence-corrected chi connectivity index (χ0v) is 12.5. The van der Waals surface area contributed by atoms with Gasteiger partial charge < -0.3 is 4.70 Å². The van der Waals surface area contributed by atoms with Gasteiger partial charge in [-0.15, -0.1) is 0 Å². The number of hydrogen-bond donors (Lipinski definition) is 1. The minimum Gasteiger partial charge on any atom is -1.00 e. The third kappa shape index (κ3) is 3.57. The number of benzene rings is 2. The van der Waals surface area contributed by atoms with E-state index in [-0.39, 0.29) is 9.60 Å². The van der Waals surface area contributed by atoms with Crippen molar-refractivity contribution in [2.24, 2.45) is 0 Å². The molecular formula is C15H17FNO2S-. The molecule has 0 atom stereocenters. The van der Waals surface area contributed by atoms with Crippen molar-refractivity contribution >= 4 is 15.7 Å². The first-order chi connectivity index (χ1) is 8.88. The molecule has 108 valence electrons. The van der Waals surface area contributed by atoms with Crippen molar-refractivity contribution in [2.75, 3.05) is 4.72 Å². The molecule has 0 amide bonds. The molecule has 1 N–H and O–H groups in total. The number of halogens is 1. The molecule has 20 heavy (non-hydrogen) atoms. The van der Waals surface area contributed by atoms with Gasteiger partial charge in [0.25, 0.3) is 10.0 Å². The van der Waals surface area contributed by atoms with E-state index in [0.717, 1.165) is 16.7 Å². The highest BCUT2D eigenvalue weighted by molar-refractivity contribution is 7.92. The first-order valence-corrected chi connectivity index (χ1v) is 7.53. The van der Waals surface area contributed by atoms with E-state index in [1.165, 1.54) is 0 Å². The molecule has 0 fully saturated rings. The summed E-state index contributed by atoms with van der Waals surface area (Å²) in [7, 11) is -3.52. The van der Waals surface area contributed by atoms with E-state index < -0.39 is 10.0 Å². The Morgan fingerprint density at radius 1 is 0.850 bits per heavy atom. The highest BCUT2D eigenvalue weighted by Gasteiger charge is 2.14. The highest BCUT2D eigenvalue weighted by Crippen LogP contribution is 2.20. The summed E-state index contributed by atoms with van der Waals surface area (Å²) in [5.41, 5.74) is 3.67. The van der Waals surface area contributed by atoms with Crippen LogP contribution < -0.4 is 9.43 Å². The second-order valence-corrected chi connectivity index (χ2v) is 6.42. The van der Waals surface area contributed by atoms with Crippen LogP contribution in [0.3, 0.4) is 0 Å². The average molecular weight is 294 g/mol. The molecule has 2 aromatic rings. The average Bonchev–Trinajstić information content (AvgIpc) is 2.33. The first kappa shape index (κ1) is 16.2. The first-order valence-electron chi connectivity index (χ1n) is 6.05. The Morgan fingerprint density at radius 3 is 1.95 bits per heavy atom. The molecule has 2 aromatic carbocycles. The Kier molecular flexibility index (Phi) is 4.89. The van der Waals surface area contributed by atoms with E-state index in [1.807, 2.05) is 32.9 Å². The normalized spacial score (nSPS) is 10.8. The standard InChI is InChI=1S/C15H17NO2S.FH/c1-11-4-7-14(8-5-11)19(17,18)16-15-9-6-12(2)10-13(15)3;/h4-10,16H,1-3H3;1H/p-1. The minimum absolute atomic E-state index is 0. The summed E-state index contributed by atoms with van der Waals surface area (Å²) >= 11 is 0. The number of anilines is 1. The Morgan fingerprint density at radius 2 is 1.40 bits per heavy atom. The maximum atomic E-state index is 12.2. The van der Waals surface area contributed by atoms with Crippen LogP contribution >= 0.6 is 0 Å². The fourth-order valence-electron chi connectivity index (χ4n) is 1.85. The van der Waals surface area contributed by atoms with Gasteiger partial charge in [-0.2, -0.15) is 0 Å². The molecule has 0 radical (unpaired) electrons. The van der Waals surface area contributed by atoms with Crippen LogP contribution in [0.5, 0.6) is 0 Å². The number of nitrogens with one attached hydrogen (secondary N) is 1. The molecule has 0 saturated carbocycles. The minimum atomic E-state index is -3.52. The van der Waals surface area contributed by atoms with Gasteiger partial charge >= 0.3 is 0 Å². The summed E-state index contributed by atoms with van der Waals surface area (Å²) in [6.45, 7) is 5.79. The van der Waals surface area contributed by atoms with Gasteiger partial charge in [0.15, 0.2) is 0 Å². The lowest BCUT2D eigenvalue weighted by atomic mass is 10.1. The van der Waals surface area contributed by atoms with E-state index in [2.05, 4.69) is 4.72 Å². The van der Waals surface area contributed by atoms with Crippen LogP contribution in [0.15, 0.2) is 47.4 Å². The molecular weight excluding hydrogens is 277 g/mol. The van der Waals surface area contributed by atoms with Crippen LogP contribution in [0.4, 0.5) is 5.69 Å². The fraction of sp³-hybridized carbons (Fsp3) is 0.200. The Balaban J connectivity index is 0.00000200. The Hall–Kier alpha value is -1.88. The fourth-order valence-corrected chi connectivity index (χ4v) is 2.98. The summed E-state index contributed by atoms with van der Waals surface area (Å²) < 4.78 is 27.1. The molecule has 0 aliphatic rings. The van der Waals surface area contributed by atoms with Crippen molar-refractivity contribution in [1.82, 2.24) is 0 Å². The predicted octanol–water partition coefficient (Wildman–Crippen LogP) is 0.417. The summed E-state index contributed by atoms with van der Waals surface area (Å²) in [6.07, 6.45) is 0. The van der Waals surface area contributed by atoms with Gasteiger partial charge in [0.2, 0.25) is 0 Å². The Labute approximate surface area is 119 Å². The molecule has 3 nitrogen and oxygen atoms in total. The van der Waals surface area contributed by atoms with Gasteiger partial charge in [-0.25, -0.2) is 8.42 Å². The molecule has 0 bridgehead atoms. The SMILES string of the molecule is Cc1ccc(S(=O)(=O)Nc2ccc(C)cc2C)cc1.[F-]. The lowest BCUT2D eigenvalue weighted by Gasteiger charge is -2.11. The van der Waals surface area contributed by atoms with E-state index >= 15 is 0 Å². The Bertz CT molecular complexity index is 694. The molecule has 0 spiro atoms. The van der Waals surface area contributed by atoms with Crippen molar-refractivity contribution in [3.63, 3.8) is 0 Å². The molecule has 5 heteroatoms. The highest BCUT2D eigenvalue weighted by atomic mass is 32.2. The third-order valence-electron chi connectivity index (χ3n) is 2.96. The molecule has 0 unspecified atom stereocenters.